The molecule has 0 saturated heterocycles. The van der Waals surface area contributed by atoms with Crippen molar-refractivity contribution in [2.24, 2.45) is 0 Å². The number of hydrogen-bond acceptors (Lipinski definition) is 0. The number of aryl methyl sites for hydroxylation is 2. The summed E-state index contributed by atoms with van der Waals surface area (Å²) in [4.78, 5) is 0. The number of unbranched alkanes of at least 4 members (excludes halogenated alkanes) is 27. The fraction of sp³-hybridized carbons (Fsp3) is 0.765. The topological polar surface area (TPSA) is 0 Å². The number of benzene rings is 2. The van der Waals surface area contributed by atoms with Crippen molar-refractivity contribution < 1.29 is 0 Å². The van der Waals surface area contributed by atoms with E-state index in [2.05, 4.69) is 64.1 Å². The van der Waals surface area contributed by atoms with Gasteiger partial charge in [-0.2, -0.15) is 0 Å². The minimum Gasteiger partial charge on any atom is -0.0654 e. The molecule has 51 heavy (non-hydrogen) atoms. The molecule has 2 rings (SSSR count). The molecule has 0 aliphatic carbocycles. The molecular formula is C51H87. The van der Waals surface area contributed by atoms with Crippen LogP contribution in [-0.2, 0) is 25.7 Å². The lowest BCUT2D eigenvalue weighted by Crippen LogP contribution is -2.09. The summed E-state index contributed by atoms with van der Waals surface area (Å²) in [5.74, 6) is 0. The fourth-order valence-corrected chi connectivity index (χ4v) is 8.33. The molecule has 2 aromatic carbocycles. The quantitative estimate of drug-likeness (QED) is 0.0621. The van der Waals surface area contributed by atoms with Crippen molar-refractivity contribution in [2.45, 2.75) is 252 Å². The molecule has 0 aromatic heterocycles. The number of rotatable bonds is 36. The largest absolute Gasteiger partial charge is 0.0654 e. The molecule has 291 valence electrons. The van der Waals surface area contributed by atoms with E-state index in [-0.39, 0.29) is 0 Å². The minimum absolute atomic E-state index is 1.20. The highest BCUT2D eigenvalue weighted by atomic mass is 14.2. The first-order valence-electron chi connectivity index (χ1n) is 23.4. The lowest BCUT2D eigenvalue weighted by Gasteiger charge is -2.24. The van der Waals surface area contributed by atoms with Crippen LogP contribution in [0.5, 0.6) is 0 Å². The van der Waals surface area contributed by atoms with Gasteiger partial charge in [0, 0.05) is 0 Å². The molecule has 2 aromatic rings. The van der Waals surface area contributed by atoms with Crippen LogP contribution in [0.25, 0.3) is 11.1 Å². The average molecular weight is 700 g/mol. The summed E-state index contributed by atoms with van der Waals surface area (Å²) in [6.07, 6.45) is 48.1. The van der Waals surface area contributed by atoms with Gasteiger partial charge in [0.15, 0.2) is 0 Å². The van der Waals surface area contributed by atoms with E-state index in [0.29, 0.717) is 0 Å². The van der Waals surface area contributed by atoms with Crippen molar-refractivity contribution in [3.8, 4) is 11.1 Å². The predicted octanol–water partition coefficient (Wildman–Crippen LogP) is 17.5. The standard InChI is InChI=1S/C51H87/c1-5-9-13-17-21-22-23-27-29-34-42-48-45-47(41-33-28-24-18-14-10-6-2)49(43-37-30-25-19-15-11-7-3)50(44-38-31-26-20-16-12-8-4)51(48)46-39-35-32-36-40-46/h32,35-36,39-40H,5-31,33-34,37-38,41-44H2,1-4H3. The molecule has 0 atom stereocenters. The first kappa shape index (κ1) is 45.6. The second-order valence-electron chi connectivity index (χ2n) is 16.3. The third kappa shape index (κ3) is 21.7. The van der Waals surface area contributed by atoms with Crippen LogP contribution in [0.1, 0.15) is 249 Å². The highest BCUT2D eigenvalue weighted by Crippen LogP contribution is 2.36. The molecule has 0 nitrogen and oxygen atoms in total. The normalized spacial score (nSPS) is 11.5. The minimum atomic E-state index is 1.20. The van der Waals surface area contributed by atoms with E-state index in [1.165, 1.54) is 230 Å². The molecule has 0 aliphatic rings. The van der Waals surface area contributed by atoms with Crippen molar-refractivity contribution >= 4 is 0 Å². The van der Waals surface area contributed by atoms with Gasteiger partial charge in [-0.15, -0.1) is 0 Å². The summed E-state index contributed by atoms with van der Waals surface area (Å²) in [5, 5.41) is 0. The molecule has 0 spiro atoms. The van der Waals surface area contributed by atoms with Gasteiger partial charge in [-0.1, -0.05) is 231 Å². The Kier molecular flexibility index (Phi) is 29.5. The summed E-state index contributed by atoms with van der Waals surface area (Å²) in [6.45, 7) is 9.32. The maximum Gasteiger partial charge on any atom is -0.0105 e. The van der Waals surface area contributed by atoms with Crippen molar-refractivity contribution in [1.82, 2.24) is 0 Å². The molecule has 0 unspecified atom stereocenters. The highest BCUT2D eigenvalue weighted by Gasteiger charge is 2.19. The molecule has 0 N–H and O–H groups in total. The zero-order chi connectivity index (χ0) is 36.5. The van der Waals surface area contributed by atoms with Gasteiger partial charge >= 0.3 is 0 Å². The summed E-state index contributed by atoms with van der Waals surface area (Å²) in [6, 6.07) is 15.8. The van der Waals surface area contributed by atoms with Crippen LogP contribution >= 0.6 is 0 Å². The van der Waals surface area contributed by atoms with Gasteiger partial charge in [0.1, 0.15) is 0 Å². The van der Waals surface area contributed by atoms with Gasteiger partial charge in [0.25, 0.3) is 0 Å². The van der Waals surface area contributed by atoms with Crippen LogP contribution in [0.2, 0.25) is 0 Å². The van der Waals surface area contributed by atoms with Crippen LogP contribution < -0.4 is 0 Å². The van der Waals surface area contributed by atoms with Crippen molar-refractivity contribution in [1.29, 1.82) is 0 Å². The van der Waals surface area contributed by atoms with E-state index < -0.39 is 0 Å². The Morgan fingerprint density at radius 3 is 1.02 bits per heavy atom. The molecule has 0 heterocycles. The van der Waals surface area contributed by atoms with E-state index in [9.17, 15) is 0 Å². The molecule has 0 bridgehead atoms. The van der Waals surface area contributed by atoms with Gasteiger partial charge < -0.3 is 0 Å². The molecule has 0 saturated carbocycles. The molecule has 0 amide bonds. The first-order chi connectivity index (χ1) is 25.3. The Bertz CT molecular complexity index is 1030. The smallest absolute Gasteiger partial charge is 0.0105 e. The molecule has 0 heteroatoms. The van der Waals surface area contributed by atoms with E-state index in [1.54, 1.807) is 27.8 Å². The first-order valence-corrected chi connectivity index (χ1v) is 23.4. The average Bonchev–Trinajstić information content (AvgIpc) is 3.15. The third-order valence-electron chi connectivity index (χ3n) is 11.6. The molecule has 0 aliphatic heterocycles. The lowest BCUT2D eigenvalue weighted by molar-refractivity contribution is 0.556. The second-order valence-corrected chi connectivity index (χ2v) is 16.3. The van der Waals surface area contributed by atoms with Gasteiger partial charge in [0.05, 0.1) is 0 Å². The molecule has 1 radical (unpaired) electrons. The van der Waals surface area contributed by atoms with Gasteiger partial charge in [-0.25, -0.2) is 0 Å². The van der Waals surface area contributed by atoms with Crippen LogP contribution in [0, 0.1) is 6.07 Å². The van der Waals surface area contributed by atoms with E-state index in [0.717, 1.165) is 0 Å². The number of hydrogen-bond donors (Lipinski definition) is 0. The summed E-state index contributed by atoms with van der Waals surface area (Å²) >= 11 is 0. The monoisotopic (exact) mass is 700 g/mol. The summed E-state index contributed by atoms with van der Waals surface area (Å²) < 4.78 is 0. The van der Waals surface area contributed by atoms with Crippen molar-refractivity contribution in [3.63, 3.8) is 0 Å². The second kappa shape index (κ2) is 33.0. The van der Waals surface area contributed by atoms with Crippen molar-refractivity contribution in [3.05, 3.63) is 58.7 Å². The third-order valence-corrected chi connectivity index (χ3v) is 11.6. The Labute approximate surface area is 321 Å². The Balaban J connectivity index is 2.31. The van der Waals surface area contributed by atoms with Crippen LogP contribution in [-0.4, -0.2) is 0 Å². The van der Waals surface area contributed by atoms with Gasteiger partial charge in [0.2, 0.25) is 0 Å². The summed E-state index contributed by atoms with van der Waals surface area (Å²) in [5.41, 5.74) is 9.69. The van der Waals surface area contributed by atoms with E-state index in [4.69, 9.17) is 0 Å². The maximum atomic E-state index is 4.26. The van der Waals surface area contributed by atoms with E-state index >= 15 is 0 Å². The van der Waals surface area contributed by atoms with Gasteiger partial charge in [-0.3, -0.25) is 0 Å². The SMILES string of the molecule is CCCCCCCCCCCCc1[c]c(CCCCCCCCC)c(CCCCCCCCC)c(CCCCCCCCC)c1-c1ccccc1. The zero-order valence-corrected chi connectivity index (χ0v) is 35.1. The Morgan fingerprint density at radius 2 is 0.627 bits per heavy atom. The molecule has 0 fully saturated rings. The summed E-state index contributed by atoms with van der Waals surface area (Å²) in [7, 11) is 0. The van der Waals surface area contributed by atoms with Crippen LogP contribution in [0.3, 0.4) is 0 Å². The van der Waals surface area contributed by atoms with Crippen LogP contribution in [0.4, 0.5) is 0 Å². The maximum absolute atomic E-state index is 4.26. The predicted molar refractivity (Wildman–Crippen MR) is 231 cm³/mol. The fourth-order valence-electron chi connectivity index (χ4n) is 8.33. The Morgan fingerprint density at radius 1 is 0.314 bits per heavy atom. The van der Waals surface area contributed by atoms with Gasteiger partial charge in [-0.05, 0) is 90.8 Å². The van der Waals surface area contributed by atoms with Crippen LogP contribution in [0.15, 0.2) is 30.3 Å². The Hall–Kier alpha value is -1.56. The highest BCUT2D eigenvalue weighted by molar-refractivity contribution is 5.73. The van der Waals surface area contributed by atoms with Crippen molar-refractivity contribution in [2.75, 3.05) is 0 Å². The lowest BCUT2D eigenvalue weighted by atomic mass is 9.81. The van der Waals surface area contributed by atoms with E-state index in [1.807, 2.05) is 0 Å². The zero-order valence-electron chi connectivity index (χ0n) is 35.1. The molecular weight excluding hydrogens is 613 g/mol.